The zero-order valence-corrected chi connectivity index (χ0v) is 10.3. The van der Waals surface area contributed by atoms with Gasteiger partial charge in [-0.1, -0.05) is 27.7 Å². The lowest BCUT2D eigenvalue weighted by Gasteiger charge is -2.24. The number of nitrogens with two attached hydrogens (primary N) is 1. The molecule has 1 rings (SSSR count). The third-order valence-corrected chi connectivity index (χ3v) is 7.16. The molecule has 1 saturated heterocycles. The number of halogens is 1. The summed E-state index contributed by atoms with van der Waals surface area (Å²) in [6, 6.07) is 0. The number of sulfone groups is 1. The lowest BCUT2D eigenvalue weighted by Crippen LogP contribution is -2.33. The smallest absolute Gasteiger partial charge is 0.152 e. The molecule has 1 fully saturated rings. The normalized spacial score (nSPS) is 37.5. The van der Waals surface area contributed by atoms with Crippen molar-refractivity contribution in [3.8, 4) is 0 Å². The molecule has 1 aliphatic rings. The molecule has 0 unspecified atom stereocenters. The number of nitrogens with one attached hydrogen (secondary N) is 1. The van der Waals surface area contributed by atoms with Gasteiger partial charge in [0.1, 0.15) is 0 Å². The van der Waals surface area contributed by atoms with Crippen LogP contribution < -0.4 is 5.73 Å². The van der Waals surface area contributed by atoms with E-state index < -0.39 is 14.6 Å². The summed E-state index contributed by atoms with van der Waals surface area (Å²) in [5.74, 6) is 0.212. The highest BCUT2D eigenvalue weighted by atomic mass is 79.9. The Hall–Kier alpha value is 0.250. The molecule has 4 nitrogen and oxygen atoms in total. The lowest BCUT2D eigenvalue weighted by atomic mass is 10.1. The van der Waals surface area contributed by atoms with Crippen molar-refractivity contribution in [2.45, 2.75) is 16.5 Å². The zero-order chi connectivity index (χ0) is 10.3. The molecule has 2 atom stereocenters. The number of hydrogen-bond acceptors (Lipinski definition) is 4. The second-order valence-corrected chi connectivity index (χ2v) is 8.09. The van der Waals surface area contributed by atoms with E-state index in [0.29, 0.717) is 0 Å². The van der Waals surface area contributed by atoms with E-state index in [-0.39, 0.29) is 21.5 Å². The summed E-state index contributed by atoms with van der Waals surface area (Å²) in [5.41, 5.74) is 5.24. The van der Waals surface area contributed by atoms with Gasteiger partial charge in [0.15, 0.2) is 15.0 Å². The van der Waals surface area contributed by atoms with E-state index in [2.05, 4.69) is 15.9 Å². The van der Waals surface area contributed by atoms with Crippen molar-refractivity contribution >= 4 is 42.7 Å². The van der Waals surface area contributed by atoms with E-state index in [1.54, 1.807) is 0 Å². The molecule has 13 heavy (non-hydrogen) atoms. The van der Waals surface area contributed by atoms with E-state index in [0.717, 1.165) is 11.8 Å². The SMILES string of the molecule is C[C@]1(SC(=N)N)CS(=O)(=O)C[C@@H]1Br. The Labute approximate surface area is 90.2 Å². The second-order valence-electron chi connectivity index (χ2n) is 3.30. The minimum Gasteiger partial charge on any atom is -0.379 e. The maximum Gasteiger partial charge on any atom is 0.152 e. The molecule has 0 saturated carbocycles. The van der Waals surface area contributed by atoms with Crippen LogP contribution in [0.15, 0.2) is 0 Å². The van der Waals surface area contributed by atoms with E-state index in [1.807, 2.05) is 6.92 Å². The van der Waals surface area contributed by atoms with Gasteiger partial charge in [0.25, 0.3) is 0 Å². The van der Waals surface area contributed by atoms with Crippen molar-refractivity contribution in [3.05, 3.63) is 0 Å². The van der Waals surface area contributed by atoms with E-state index >= 15 is 0 Å². The summed E-state index contributed by atoms with van der Waals surface area (Å²) in [6.45, 7) is 1.81. The first kappa shape index (κ1) is 11.3. The predicted molar refractivity (Wildman–Crippen MR) is 59.3 cm³/mol. The molecule has 0 aliphatic carbocycles. The third-order valence-electron chi connectivity index (χ3n) is 1.91. The van der Waals surface area contributed by atoms with Crippen LogP contribution in [0.1, 0.15) is 6.92 Å². The van der Waals surface area contributed by atoms with Gasteiger partial charge < -0.3 is 5.73 Å². The highest BCUT2D eigenvalue weighted by Crippen LogP contribution is 2.40. The van der Waals surface area contributed by atoms with Gasteiger partial charge in [0.2, 0.25) is 0 Å². The molecule has 0 spiro atoms. The van der Waals surface area contributed by atoms with Crippen molar-refractivity contribution in [1.82, 2.24) is 0 Å². The summed E-state index contributed by atoms with van der Waals surface area (Å²) in [5, 5.41) is 7.09. The highest BCUT2D eigenvalue weighted by Gasteiger charge is 2.46. The maximum atomic E-state index is 11.3. The average molecular weight is 287 g/mol. The Bertz CT molecular complexity index is 330. The fourth-order valence-corrected chi connectivity index (χ4v) is 6.79. The molecule has 0 aromatic heterocycles. The molecule has 0 aromatic carbocycles. The molecule has 0 amide bonds. The summed E-state index contributed by atoms with van der Waals surface area (Å²) in [7, 11) is -2.97. The lowest BCUT2D eigenvalue weighted by molar-refractivity contribution is 0.601. The summed E-state index contributed by atoms with van der Waals surface area (Å²) < 4.78 is 22.1. The maximum absolute atomic E-state index is 11.3. The number of thioether (sulfide) groups is 1. The van der Waals surface area contributed by atoms with Crippen LogP contribution in [-0.4, -0.2) is 34.7 Å². The van der Waals surface area contributed by atoms with Crippen molar-refractivity contribution in [2.75, 3.05) is 11.5 Å². The first-order chi connectivity index (χ1) is 5.75. The minimum atomic E-state index is -2.97. The Morgan fingerprint density at radius 3 is 2.62 bits per heavy atom. The highest BCUT2D eigenvalue weighted by molar-refractivity contribution is 9.09. The van der Waals surface area contributed by atoms with Gasteiger partial charge in [0, 0.05) is 9.57 Å². The van der Waals surface area contributed by atoms with Crippen LogP contribution in [0.25, 0.3) is 0 Å². The first-order valence-electron chi connectivity index (χ1n) is 3.63. The molecular weight excluding hydrogens is 276 g/mol. The number of amidine groups is 1. The Morgan fingerprint density at radius 1 is 1.77 bits per heavy atom. The molecule has 0 bridgehead atoms. The Balaban J connectivity index is 2.87. The summed E-state index contributed by atoms with van der Waals surface area (Å²) in [6.07, 6.45) is 0. The van der Waals surface area contributed by atoms with Crippen LogP contribution in [0.3, 0.4) is 0 Å². The van der Waals surface area contributed by atoms with Gasteiger partial charge in [-0.15, -0.1) is 0 Å². The largest absolute Gasteiger partial charge is 0.379 e. The van der Waals surface area contributed by atoms with Crippen LogP contribution in [0.2, 0.25) is 0 Å². The van der Waals surface area contributed by atoms with E-state index in [1.165, 1.54) is 0 Å². The fraction of sp³-hybridized carbons (Fsp3) is 0.833. The van der Waals surface area contributed by atoms with Crippen molar-refractivity contribution in [1.29, 1.82) is 5.41 Å². The first-order valence-corrected chi connectivity index (χ1v) is 7.18. The summed E-state index contributed by atoms with van der Waals surface area (Å²) in [4.78, 5) is -0.126. The van der Waals surface area contributed by atoms with Gasteiger partial charge in [-0.05, 0) is 6.92 Å². The number of alkyl halides is 1. The van der Waals surface area contributed by atoms with Gasteiger partial charge in [-0.2, -0.15) is 0 Å². The standard InChI is InChI=1S/C6H11BrN2O2S2/c1-6(12-5(8)9)3-13(10,11)2-4(6)7/h4H,2-3H2,1H3,(H3,8,9)/t4-,6-/m0/s1. The van der Waals surface area contributed by atoms with E-state index in [4.69, 9.17) is 11.1 Å². The summed E-state index contributed by atoms with van der Waals surface area (Å²) >= 11 is 4.42. The Morgan fingerprint density at radius 2 is 2.31 bits per heavy atom. The predicted octanol–water partition coefficient (Wildman–Crippen LogP) is 0.564. The average Bonchev–Trinajstić information content (AvgIpc) is 1.98. The monoisotopic (exact) mass is 286 g/mol. The second kappa shape index (κ2) is 3.43. The molecule has 0 radical (unpaired) electrons. The van der Waals surface area contributed by atoms with Gasteiger partial charge in [-0.25, -0.2) is 8.42 Å². The molecule has 1 heterocycles. The van der Waals surface area contributed by atoms with Crippen LogP contribution in [0.5, 0.6) is 0 Å². The van der Waals surface area contributed by atoms with Crippen LogP contribution in [-0.2, 0) is 9.84 Å². The van der Waals surface area contributed by atoms with Crippen LogP contribution in [0, 0.1) is 5.41 Å². The van der Waals surface area contributed by atoms with Crippen molar-refractivity contribution < 1.29 is 8.42 Å². The van der Waals surface area contributed by atoms with Crippen LogP contribution >= 0.6 is 27.7 Å². The fourth-order valence-electron chi connectivity index (χ4n) is 1.33. The van der Waals surface area contributed by atoms with Crippen molar-refractivity contribution in [3.63, 3.8) is 0 Å². The number of hydrogen-bond donors (Lipinski definition) is 2. The van der Waals surface area contributed by atoms with E-state index in [9.17, 15) is 8.42 Å². The molecule has 76 valence electrons. The van der Waals surface area contributed by atoms with Gasteiger partial charge in [-0.3, -0.25) is 5.41 Å². The topological polar surface area (TPSA) is 84.0 Å². The molecule has 3 N–H and O–H groups in total. The third kappa shape index (κ3) is 2.60. The molecular formula is C6H11BrN2O2S2. The van der Waals surface area contributed by atoms with Gasteiger partial charge >= 0.3 is 0 Å². The minimum absolute atomic E-state index is 0.0379. The quantitative estimate of drug-likeness (QED) is 0.419. The molecule has 7 heteroatoms. The Kier molecular flexibility index (Phi) is 2.99. The zero-order valence-electron chi connectivity index (χ0n) is 7.08. The molecule has 1 aliphatic heterocycles. The number of rotatable bonds is 1. The van der Waals surface area contributed by atoms with Crippen molar-refractivity contribution in [2.24, 2.45) is 5.73 Å². The van der Waals surface area contributed by atoms with Crippen LogP contribution in [0.4, 0.5) is 0 Å². The van der Waals surface area contributed by atoms with Gasteiger partial charge in [0.05, 0.1) is 11.5 Å². The molecule has 0 aromatic rings.